The summed E-state index contributed by atoms with van der Waals surface area (Å²) in [5.41, 5.74) is -0.857. The van der Waals surface area contributed by atoms with Crippen molar-refractivity contribution < 1.29 is 31.9 Å². The van der Waals surface area contributed by atoms with Crippen LogP contribution < -0.4 is 11.0 Å². The lowest BCUT2D eigenvalue weighted by molar-refractivity contribution is -0.207. The molecule has 0 fully saturated rings. The summed E-state index contributed by atoms with van der Waals surface area (Å²) in [5, 5.41) is 20.7. The highest BCUT2D eigenvalue weighted by atomic mass is 35.5. The molecule has 10 nitrogen and oxygen atoms in total. The minimum atomic E-state index is -4.99. The Hall–Kier alpha value is -4.89. The number of para-hydroxylation sites is 1. The Labute approximate surface area is 243 Å². The second-order valence-electron chi connectivity index (χ2n) is 9.14. The molecule has 3 aromatic carbocycles. The fourth-order valence-electron chi connectivity index (χ4n) is 4.07. The number of anilines is 1. The first-order valence-electron chi connectivity index (χ1n) is 12.4. The van der Waals surface area contributed by atoms with Crippen LogP contribution in [0.15, 0.2) is 77.9 Å². The van der Waals surface area contributed by atoms with Crippen LogP contribution in [-0.4, -0.2) is 52.4 Å². The summed E-state index contributed by atoms with van der Waals surface area (Å²) in [7, 11) is 0. The predicted molar refractivity (Wildman–Crippen MR) is 144 cm³/mol. The number of nitrogens with zero attached hydrogens (tertiary/aromatic N) is 6. The van der Waals surface area contributed by atoms with Crippen molar-refractivity contribution in [3.8, 4) is 17.1 Å². The monoisotopic (exact) mass is 619 g/mol. The number of carbonyl (C=O) groups is 1. The van der Waals surface area contributed by atoms with E-state index in [2.05, 4.69) is 20.5 Å². The molecule has 2 heterocycles. The molecule has 1 amide bonds. The lowest BCUT2D eigenvalue weighted by atomic mass is 10.1. The van der Waals surface area contributed by atoms with Gasteiger partial charge in [-0.2, -0.15) is 13.2 Å². The molecule has 0 radical (unpaired) electrons. The van der Waals surface area contributed by atoms with E-state index in [0.29, 0.717) is 9.59 Å². The molecule has 0 spiro atoms. The van der Waals surface area contributed by atoms with Gasteiger partial charge in [-0.1, -0.05) is 23.7 Å². The fourth-order valence-corrected chi connectivity index (χ4v) is 4.19. The Balaban J connectivity index is 1.45. The first kappa shape index (κ1) is 29.6. The van der Waals surface area contributed by atoms with Gasteiger partial charge in [0.1, 0.15) is 24.5 Å². The van der Waals surface area contributed by atoms with Crippen molar-refractivity contribution in [2.75, 3.05) is 5.32 Å². The number of carbonyl (C=O) groups excluding carboxylic acids is 1. The molecule has 0 unspecified atom stereocenters. The average Bonchev–Trinajstić information content (AvgIpc) is 3.55. The Morgan fingerprint density at radius 3 is 2.47 bits per heavy atom. The second kappa shape index (κ2) is 11.8. The van der Waals surface area contributed by atoms with Crippen molar-refractivity contribution in [2.45, 2.75) is 25.4 Å². The molecule has 43 heavy (non-hydrogen) atoms. The smallest absolute Gasteiger partial charge is 0.382 e. The van der Waals surface area contributed by atoms with Crippen LogP contribution in [0.4, 0.5) is 27.6 Å². The number of hydrogen-bond donors (Lipinski definition) is 2. The number of benzene rings is 3. The number of aliphatic hydroxyl groups excluding tert-OH is 1. The lowest BCUT2D eigenvalue weighted by Gasteiger charge is -2.15. The number of hydrogen-bond acceptors (Lipinski definition) is 6. The third-order valence-electron chi connectivity index (χ3n) is 6.16. The van der Waals surface area contributed by atoms with E-state index in [4.69, 9.17) is 11.6 Å². The molecule has 2 N–H and O–H groups in total. The van der Waals surface area contributed by atoms with Crippen LogP contribution in [0.2, 0.25) is 5.02 Å². The molecule has 0 bridgehead atoms. The van der Waals surface area contributed by atoms with Gasteiger partial charge in [0.05, 0.1) is 23.5 Å². The summed E-state index contributed by atoms with van der Waals surface area (Å²) in [6, 6.07) is 14.5. The Morgan fingerprint density at radius 2 is 1.74 bits per heavy atom. The van der Waals surface area contributed by atoms with E-state index in [9.17, 15) is 36.6 Å². The molecule has 1 atom stereocenters. The van der Waals surface area contributed by atoms with Gasteiger partial charge in [-0.15, -0.1) is 10.2 Å². The highest BCUT2D eigenvalue weighted by Gasteiger charge is 2.39. The van der Waals surface area contributed by atoms with Crippen LogP contribution in [0, 0.1) is 11.6 Å². The van der Waals surface area contributed by atoms with E-state index in [1.807, 2.05) is 0 Å². The molecule has 16 heteroatoms. The normalized spacial score (nSPS) is 12.3. The van der Waals surface area contributed by atoms with Crippen molar-refractivity contribution in [2.24, 2.45) is 0 Å². The quantitative estimate of drug-likeness (QED) is 0.248. The number of halogens is 6. The van der Waals surface area contributed by atoms with Crippen molar-refractivity contribution in [3.63, 3.8) is 0 Å². The summed E-state index contributed by atoms with van der Waals surface area (Å²) < 4.78 is 69.7. The largest absolute Gasteiger partial charge is 0.416 e. The van der Waals surface area contributed by atoms with Crippen LogP contribution >= 0.6 is 11.6 Å². The molecular formula is C27H19ClF5N7O3. The van der Waals surface area contributed by atoms with Crippen molar-refractivity contribution in [1.82, 2.24) is 29.1 Å². The van der Waals surface area contributed by atoms with E-state index in [1.54, 1.807) is 6.07 Å². The highest BCUT2D eigenvalue weighted by Crippen LogP contribution is 2.24. The van der Waals surface area contributed by atoms with Gasteiger partial charge in [-0.05, 0) is 48.5 Å². The third-order valence-corrected chi connectivity index (χ3v) is 6.41. The van der Waals surface area contributed by atoms with Gasteiger partial charge < -0.3 is 10.4 Å². The summed E-state index contributed by atoms with van der Waals surface area (Å²) in [6.07, 6.45) is -6.60. The summed E-state index contributed by atoms with van der Waals surface area (Å²) in [5.74, 6) is -2.53. The van der Waals surface area contributed by atoms with Gasteiger partial charge in [0.15, 0.2) is 17.8 Å². The predicted octanol–water partition coefficient (Wildman–Crippen LogP) is 4.45. The van der Waals surface area contributed by atoms with Crippen LogP contribution in [0.25, 0.3) is 17.1 Å². The summed E-state index contributed by atoms with van der Waals surface area (Å²) in [4.78, 5) is 30.2. The SMILES string of the molecule is O=C(Nc1cc(F)ccc1F)c1ccccc1-n1cnc(Cn2nc(-c3ccc(Cl)cc3)n(C[C@H](O)C(F)(F)F)c2=O)n1. The van der Waals surface area contributed by atoms with Gasteiger partial charge in [-0.25, -0.2) is 27.9 Å². The van der Waals surface area contributed by atoms with Gasteiger partial charge in [0.25, 0.3) is 5.91 Å². The maximum atomic E-state index is 14.1. The standard InChI is InChI=1S/C27H19ClF5N7O3/c28-16-7-5-15(6-8-16)24-37-39(26(43)38(24)12-22(41)27(31,32)33)13-23-34-14-40(36-23)21-4-2-1-3-18(21)25(42)35-20-11-17(29)9-10-19(20)30/h1-11,14,22,41H,12-13H2,(H,35,42)/t22-/m0/s1. The van der Waals surface area contributed by atoms with Crippen LogP contribution in [0.1, 0.15) is 16.2 Å². The number of amides is 1. The number of rotatable bonds is 8. The first-order chi connectivity index (χ1) is 20.4. The molecule has 222 valence electrons. The molecule has 5 rings (SSSR count). The Kier molecular flexibility index (Phi) is 8.10. The zero-order chi connectivity index (χ0) is 30.9. The van der Waals surface area contributed by atoms with E-state index in [0.717, 1.165) is 22.9 Å². The zero-order valence-electron chi connectivity index (χ0n) is 21.6. The van der Waals surface area contributed by atoms with Gasteiger partial charge in [0, 0.05) is 16.7 Å². The highest BCUT2D eigenvalue weighted by molar-refractivity contribution is 6.30. The molecule has 5 aromatic rings. The lowest BCUT2D eigenvalue weighted by Crippen LogP contribution is -2.37. The second-order valence-corrected chi connectivity index (χ2v) is 9.58. The van der Waals surface area contributed by atoms with Crippen molar-refractivity contribution in [3.05, 3.63) is 112 Å². The maximum absolute atomic E-state index is 14.1. The minimum absolute atomic E-state index is 0.00263. The molecule has 0 saturated heterocycles. The van der Waals surface area contributed by atoms with E-state index in [-0.39, 0.29) is 40.7 Å². The number of alkyl halides is 3. The van der Waals surface area contributed by atoms with Crippen LogP contribution in [0.5, 0.6) is 0 Å². The number of nitrogens with one attached hydrogen (secondary N) is 1. The zero-order valence-corrected chi connectivity index (χ0v) is 22.4. The molecule has 0 aliphatic rings. The maximum Gasteiger partial charge on any atom is 0.416 e. The molecule has 0 aliphatic carbocycles. The van der Waals surface area contributed by atoms with Gasteiger partial charge in [0.2, 0.25) is 0 Å². The molecule has 2 aromatic heterocycles. The van der Waals surface area contributed by atoms with Gasteiger partial charge in [-0.3, -0.25) is 9.36 Å². The topological polar surface area (TPSA) is 120 Å². The molecule has 0 saturated carbocycles. The van der Waals surface area contributed by atoms with Crippen molar-refractivity contribution in [1.29, 1.82) is 0 Å². The van der Waals surface area contributed by atoms with Crippen LogP contribution in [-0.2, 0) is 13.1 Å². The number of aromatic nitrogens is 6. The van der Waals surface area contributed by atoms with E-state index >= 15 is 0 Å². The molecular weight excluding hydrogens is 601 g/mol. The summed E-state index contributed by atoms with van der Waals surface area (Å²) in [6.45, 7) is -1.50. The van der Waals surface area contributed by atoms with E-state index in [1.165, 1.54) is 53.5 Å². The minimum Gasteiger partial charge on any atom is -0.382 e. The third kappa shape index (κ3) is 6.47. The average molecular weight is 620 g/mol. The Bertz CT molecular complexity index is 1850. The van der Waals surface area contributed by atoms with Crippen molar-refractivity contribution >= 4 is 23.2 Å². The van der Waals surface area contributed by atoms with Crippen LogP contribution in [0.3, 0.4) is 0 Å². The summed E-state index contributed by atoms with van der Waals surface area (Å²) >= 11 is 5.91. The van der Waals surface area contributed by atoms with E-state index < -0.39 is 42.1 Å². The Morgan fingerprint density at radius 1 is 1.02 bits per heavy atom. The van der Waals surface area contributed by atoms with Gasteiger partial charge >= 0.3 is 11.9 Å². The molecule has 0 aliphatic heterocycles. The fraction of sp³-hybridized carbons (Fsp3) is 0.148. The first-order valence-corrected chi connectivity index (χ1v) is 12.7. The number of aliphatic hydroxyl groups is 1.